The van der Waals surface area contributed by atoms with Crippen LogP contribution in [0.5, 0.6) is 0 Å². The van der Waals surface area contributed by atoms with Gasteiger partial charge in [-0.15, -0.1) is 0 Å². The van der Waals surface area contributed by atoms with Crippen molar-refractivity contribution in [3.8, 4) is 0 Å². The molecule has 1 heterocycles. The lowest BCUT2D eigenvalue weighted by molar-refractivity contribution is -0.0144. The molecule has 1 saturated carbocycles. The molecule has 0 spiro atoms. The Morgan fingerprint density at radius 2 is 1.85 bits per heavy atom. The van der Waals surface area contributed by atoms with E-state index in [1.807, 2.05) is 0 Å². The van der Waals surface area contributed by atoms with Crippen LogP contribution in [0.25, 0.3) is 0 Å². The minimum absolute atomic E-state index is 0.502. The normalized spacial score (nSPS) is 33.5. The minimum Gasteiger partial charge on any atom is -0.378 e. The Labute approximate surface area is 125 Å². The van der Waals surface area contributed by atoms with Gasteiger partial charge < -0.3 is 10.5 Å². The Morgan fingerprint density at radius 1 is 1.10 bits per heavy atom. The third kappa shape index (κ3) is 4.19. The molecule has 0 aromatic carbocycles. The van der Waals surface area contributed by atoms with Crippen LogP contribution in [0.1, 0.15) is 58.8 Å². The molecule has 0 radical (unpaired) electrons. The highest BCUT2D eigenvalue weighted by molar-refractivity contribution is 4.89. The molecular formula is C17H34N2O. The first kappa shape index (κ1) is 16.3. The standard InChI is InChI=1S/C17H34N2O/c1-3-5-14-6-7-15(13-18)17(12-14)19-10-8-16(9-11-19)20-4-2/h14-17H,3-13,18H2,1-2H3. The monoisotopic (exact) mass is 282 g/mol. The van der Waals surface area contributed by atoms with E-state index in [0.29, 0.717) is 6.10 Å². The Morgan fingerprint density at radius 3 is 2.45 bits per heavy atom. The molecule has 3 heteroatoms. The molecular weight excluding hydrogens is 248 g/mol. The summed E-state index contributed by atoms with van der Waals surface area (Å²) in [6.45, 7) is 8.58. The molecule has 0 amide bonds. The van der Waals surface area contributed by atoms with Gasteiger partial charge >= 0.3 is 0 Å². The van der Waals surface area contributed by atoms with Gasteiger partial charge in [-0.1, -0.05) is 26.2 Å². The topological polar surface area (TPSA) is 38.5 Å². The van der Waals surface area contributed by atoms with Gasteiger partial charge in [0, 0.05) is 25.7 Å². The van der Waals surface area contributed by atoms with E-state index in [9.17, 15) is 0 Å². The second-order valence-corrected chi connectivity index (χ2v) is 6.72. The molecule has 0 aromatic heterocycles. The number of nitrogens with zero attached hydrogens (tertiary/aromatic N) is 1. The maximum Gasteiger partial charge on any atom is 0.0599 e. The van der Waals surface area contributed by atoms with Crippen molar-refractivity contribution in [1.29, 1.82) is 0 Å². The fourth-order valence-electron chi connectivity index (χ4n) is 4.30. The highest BCUT2D eigenvalue weighted by atomic mass is 16.5. The summed E-state index contributed by atoms with van der Waals surface area (Å²) in [5.41, 5.74) is 6.04. The van der Waals surface area contributed by atoms with Crippen molar-refractivity contribution in [2.45, 2.75) is 70.9 Å². The fraction of sp³-hybridized carbons (Fsp3) is 1.00. The summed E-state index contributed by atoms with van der Waals surface area (Å²) in [5, 5.41) is 0. The molecule has 3 unspecified atom stereocenters. The molecule has 118 valence electrons. The lowest BCUT2D eigenvalue weighted by atomic mass is 9.75. The molecule has 0 bridgehead atoms. The second-order valence-electron chi connectivity index (χ2n) is 6.72. The second kappa shape index (κ2) is 8.35. The van der Waals surface area contributed by atoms with Crippen molar-refractivity contribution in [3.05, 3.63) is 0 Å². The van der Waals surface area contributed by atoms with Crippen LogP contribution in [0.15, 0.2) is 0 Å². The smallest absolute Gasteiger partial charge is 0.0599 e. The van der Waals surface area contributed by atoms with E-state index in [-0.39, 0.29) is 0 Å². The van der Waals surface area contributed by atoms with Gasteiger partial charge in [-0.2, -0.15) is 0 Å². The molecule has 0 aromatic rings. The Bertz CT molecular complexity index is 264. The summed E-state index contributed by atoms with van der Waals surface area (Å²) in [5.74, 6) is 1.67. The van der Waals surface area contributed by atoms with Gasteiger partial charge in [0.2, 0.25) is 0 Å². The van der Waals surface area contributed by atoms with Crippen LogP contribution >= 0.6 is 0 Å². The van der Waals surface area contributed by atoms with Gasteiger partial charge in [0.15, 0.2) is 0 Å². The van der Waals surface area contributed by atoms with E-state index < -0.39 is 0 Å². The van der Waals surface area contributed by atoms with Crippen LogP contribution in [0.3, 0.4) is 0 Å². The zero-order valence-corrected chi connectivity index (χ0v) is 13.5. The van der Waals surface area contributed by atoms with Crippen LogP contribution < -0.4 is 5.73 Å². The van der Waals surface area contributed by atoms with Gasteiger partial charge in [-0.25, -0.2) is 0 Å². The molecule has 2 N–H and O–H groups in total. The number of hydrogen-bond acceptors (Lipinski definition) is 3. The number of rotatable bonds is 6. The van der Waals surface area contributed by atoms with Crippen molar-refractivity contribution < 1.29 is 4.74 Å². The van der Waals surface area contributed by atoms with Crippen molar-refractivity contribution in [2.24, 2.45) is 17.6 Å². The average molecular weight is 282 g/mol. The van der Waals surface area contributed by atoms with E-state index in [2.05, 4.69) is 18.7 Å². The summed E-state index contributed by atoms with van der Waals surface area (Å²) in [6.07, 6.45) is 9.79. The molecule has 2 rings (SSSR count). The first-order valence-corrected chi connectivity index (χ1v) is 8.84. The largest absolute Gasteiger partial charge is 0.378 e. The number of hydrogen-bond donors (Lipinski definition) is 1. The van der Waals surface area contributed by atoms with E-state index in [0.717, 1.165) is 31.0 Å². The fourth-order valence-corrected chi connectivity index (χ4v) is 4.30. The molecule has 20 heavy (non-hydrogen) atoms. The van der Waals surface area contributed by atoms with E-state index in [1.54, 1.807) is 0 Å². The van der Waals surface area contributed by atoms with Crippen LogP contribution in [-0.2, 0) is 4.74 Å². The predicted molar refractivity (Wildman–Crippen MR) is 84.8 cm³/mol. The summed E-state index contributed by atoms with van der Waals surface area (Å²) < 4.78 is 5.78. The van der Waals surface area contributed by atoms with Gasteiger partial charge in [0.1, 0.15) is 0 Å². The maximum absolute atomic E-state index is 6.04. The van der Waals surface area contributed by atoms with Crippen LogP contribution in [0.2, 0.25) is 0 Å². The maximum atomic E-state index is 6.04. The van der Waals surface area contributed by atoms with Gasteiger partial charge in [0.25, 0.3) is 0 Å². The number of piperidine rings is 1. The number of nitrogens with two attached hydrogens (primary N) is 1. The molecule has 1 aliphatic heterocycles. The van der Waals surface area contributed by atoms with Crippen molar-refractivity contribution >= 4 is 0 Å². The highest BCUT2D eigenvalue weighted by Gasteiger charge is 2.35. The van der Waals surface area contributed by atoms with Gasteiger partial charge in [-0.3, -0.25) is 4.90 Å². The summed E-state index contributed by atoms with van der Waals surface area (Å²) in [4.78, 5) is 2.73. The SMILES string of the molecule is CCCC1CCC(CN)C(N2CCC(OCC)CC2)C1. The molecule has 1 aliphatic carbocycles. The first-order valence-electron chi connectivity index (χ1n) is 8.84. The molecule has 3 atom stereocenters. The zero-order chi connectivity index (χ0) is 14.4. The van der Waals surface area contributed by atoms with Crippen molar-refractivity contribution in [1.82, 2.24) is 4.90 Å². The van der Waals surface area contributed by atoms with Crippen LogP contribution in [-0.4, -0.2) is 43.3 Å². The minimum atomic E-state index is 0.502. The number of ether oxygens (including phenoxy) is 1. The zero-order valence-electron chi connectivity index (χ0n) is 13.5. The molecule has 2 fully saturated rings. The number of likely N-dealkylation sites (tertiary alicyclic amines) is 1. The third-order valence-electron chi connectivity index (χ3n) is 5.41. The van der Waals surface area contributed by atoms with E-state index >= 15 is 0 Å². The first-order chi connectivity index (χ1) is 9.78. The summed E-state index contributed by atoms with van der Waals surface area (Å²) >= 11 is 0. The third-order valence-corrected chi connectivity index (χ3v) is 5.41. The van der Waals surface area contributed by atoms with Gasteiger partial charge in [-0.05, 0) is 51.0 Å². The average Bonchev–Trinajstić information content (AvgIpc) is 2.49. The van der Waals surface area contributed by atoms with Crippen molar-refractivity contribution in [2.75, 3.05) is 26.2 Å². The lowest BCUT2D eigenvalue weighted by Crippen LogP contribution is -2.50. The summed E-state index contributed by atoms with van der Waals surface area (Å²) in [6, 6.07) is 0.743. The van der Waals surface area contributed by atoms with Crippen LogP contribution in [0, 0.1) is 11.8 Å². The predicted octanol–water partition coefficient (Wildman–Crippen LogP) is 3.03. The Balaban J connectivity index is 1.87. The Hall–Kier alpha value is -0.120. The Kier molecular flexibility index (Phi) is 6.79. The molecule has 3 nitrogen and oxygen atoms in total. The van der Waals surface area contributed by atoms with E-state index in [1.165, 1.54) is 58.0 Å². The lowest BCUT2D eigenvalue weighted by Gasteiger charge is -2.45. The molecule has 1 saturated heterocycles. The van der Waals surface area contributed by atoms with E-state index in [4.69, 9.17) is 10.5 Å². The molecule has 2 aliphatic rings. The van der Waals surface area contributed by atoms with Crippen LogP contribution in [0.4, 0.5) is 0 Å². The highest BCUT2D eigenvalue weighted by Crippen LogP contribution is 2.35. The summed E-state index contributed by atoms with van der Waals surface area (Å²) in [7, 11) is 0. The quantitative estimate of drug-likeness (QED) is 0.814. The van der Waals surface area contributed by atoms with Crippen molar-refractivity contribution in [3.63, 3.8) is 0 Å². The van der Waals surface area contributed by atoms with Gasteiger partial charge in [0.05, 0.1) is 6.10 Å².